The molecule has 1 aromatic carbocycles. The van der Waals surface area contributed by atoms with E-state index >= 15 is 0 Å². The van der Waals surface area contributed by atoms with Crippen molar-refractivity contribution in [3.8, 4) is 0 Å². The molecule has 2 aromatic rings. The Morgan fingerprint density at radius 3 is 2.71 bits per heavy atom. The van der Waals surface area contributed by atoms with E-state index in [2.05, 4.69) is 77.8 Å². The second kappa shape index (κ2) is 8.52. The van der Waals surface area contributed by atoms with Gasteiger partial charge in [0.1, 0.15) is 5.82 Å². The molecular weight excluding hydrogens is 414 g/mol. The summed E-state index contributed by atoms with van der Waals surface area (Å²) in [5.41, 5.74) is 2.86. The van der Waals surface area contributed by atoms with Gasteiger partial charge in [-0.2, -0.15) is 0 Å². The minimum absolute atomic E-state index is 0.237. The number of anilines is 1. The summed E-state index contributed by atoms with van der Waals surface area (Å²) in [7, 11) is 1.83. The van der Waals surface area contributed by atoms with Crippen LogP contribution in [0.1, 0.15) is 36.8 Å². The van der Waals surface area contributed by atoms with E-state index in [0.717, 1.165) is 42.4 Å². The van der Waals surface area contributed by atoms with Crippen molar-refractivity contribution in [2.45, 2.75) is 37.6 Å². The zero-order valence-electron chi connectivity index (χ0n) is 16.4. The van der Waals surface area contributed by atoms with E-state index in [1.54, 1.807) is 0 Å². The van der Waals surface area contributed by atoms with Crippen LogP contribution in [0.15, 0.2) is 52.1 Å². The van der Waals surface area contributed by atoms with Gasteiger partial charge in [0.2, 0.25) is 0 Å². The van der Waals surface area contributed by atoms with Crippen molar-refractivity contribution >= 4 is 27.7 Å². The van der Waals surface area contributed by atoms with Crippen molar-refractivity contribution in [3.05, 3.63) is 58.2 Å². The molecule has 6 heteroatoms. The van der Waals surface area contributed by atoms with Gasteiger partial charge in [0, 0.05) is 49.3 Å². The maximum Gasteiger partial charge on any atom is 0.191 e. The highest BCUT2D eigenvalue weighted by Gasteiger charge is 2.44. The highest BCUT2D eigenvalue weighted by molar-refractivity contribution is 9.10. The molecule has 0 bridgehead atoms. The molecular formula is C22H28BrN5. The fraction of sp³-hybridized carbons (Fsp3) is 0.455. The van der Waals surface area contributed by atoms with Crippen molar-refractivity contribution in [2.24, 2.45) is 4.99 Å². The molecule has 2 fully saturated rings. The van der Waals surface area contributed by atoms with E-state index in [9.17, 15) is 0 Å². The van der Waals surface area contributed by atoms with Gasteiger partial charge in [-0.3, -0.25) is 4.99 Å². The first-order valence-corrected chi connectivity index (χ1v) is 10.9. The van der Waals surface area contributed by atoms with Crippen LogP contribution in [0.2, 0.25) is 0 Å². The van der Waals surface area contributed by atoms with Crippen molar-refractivity contribution in [2.75, 3.05) is 31.6 Å². The number of guanidine groups is 1. The summed E-state index contributed by atoms with van der Waals surface area (Å²) < 4.78 is 1.14. The third-order valence-corrected chi connectivity index (χ3v) is 6.30. The van der Waals surface area contributed by atoms with Gasteiger partial charge in [-0.15, -0.1) is 0 Å². The monoisotopic (exact) mass is 441 g/mol. The molecule has 148 valence electrons. The predicted molar refractivity (Wildman–Crippen MR) is 119 cm³/mol. The van der Waals surface area contributed by atoms with Crippen LogP contribution in [-0.4, -0.2) is 37.6 Å². The van der Waals surface area contributed by atoms with Crippen LogP contribution in [0.25, 0.3) is 0 Å². The molecule has 28 heavy (non-hydrogen) atoms. The summed E-state index contributed by atoms with van der Waals surface area (Å²) in [6.45, 7) is 3.88. The molecule has 2 heterocycles. The Hall–Kier alpha value is -2.08. The molecule has 5 nitrogen and oxygen atoms in total. The number of hydrogen-bond acceptors (Lipinski definition) is 3. The fourth-order valence-corrected chi connectivity index (χ4v) is 4.29. The molecule has 0 unspecified atom stereocenters. The Morgan fingerprint density at radius 1 is 1.18 bits per heavy atom. The summed E-state index contributed by atoms with van der Waals surface area (Å²) in [4.78, 5) is 11.3. The van der Waals surface area contributed by atoms with Crippen molar-refractivity contribution in [3.63, 3.8) is 0 Å². The average Bonchev–Trinajstić information content (AvgIpc) is 3.31. The van der Waals surface area contributed by atoms with E-state index in [0.29, 0.717) is 0 Å². The van der Waals surface area contributed by atoms with Gasteiger partial charge in [-0.1, -0.05) is 28.1 Å². The molecule has 1 aromatic heterocycles. The van der Waals surface area contributed by atoms with Crippen LogP contribution in [0, 0.1) is 0 Å². The summed E-state index contributed by atoms with van der Waals surface area (Å²) in [5.74, 6) is 1.94. The first-order valence-electron chi connectivity index (χ1n) is 10.1. The molecule has 2 N–H and O–H groups in total. The Labute approximate surface area is 175 Å². The van der Waals surface area contributed by atoms with E-state index in [1.807, 2.05) is 13.2 Å². The predicted octanol–water partition coefficient (Wildman–Crippen LogP) is 3.84. The molecule has 1 saturated heterocycles. The number of rotatable bonds is 6. The molecule has 1 saturated carbocycles. The van der Waals surface area contributed by atoms with Gasteiger partial charge in [0.15, 0.2) is 5.96 Å². The number of hydrogen-bond donors (Lipinski definition) is 2. The van der Waals surface area contributed by atoms with Crippen LogP contribution in [0.5, 0.6) is 0 Å². The molecule has 0 atom stereocenters. The quantitative estimate of drug-likeness (QED) is 0.527. The van der Waals surface area contributed by atoms with E-state index in [-0.39, 0.29) is 5.41 Å². The molecule has 1 aliphatic carbocycles. The number of halogens is 1. The molecule has 0 spiro atoms. The van der Waals surface area contributed by atoms with Crippen LogP contribution in [0.4, 0.5) is 5.82 Å². The lowest BCUT2D eigenvalue weighted by Crippen LogP contribution is -2.40. The highest BCUT2D eigenvalue weighted by atomic mass is 79.9. The zero-order chi connectivity index (χ0) is 19.4. The van der Waals surface area contributed by atoms with Crippen LogP contribution < -0.4 is 15.5 Å². The van der Waals surface area contributed by atoms with E-state index in [4.69, 9.17) is 0 Å². The van der Waals surface area contributed by atoms with Gasteiger partial charge in [0.05, 0.1) is 0 Å². The van der Waals surface area contributed by atoms with Gasteiger partial charge in [-0.05, 0) is 61.1 Å². The number of benzene rings is 1. The Morgan fingerprint density at radius 2 is 2.00 bits per heavy atom. The number of pyridine rings is 1. The average molecular weight is 442 g/mol. The summed E-state index contributed by atoms with van der Waals surface area (Å²) in [5, 5.41) is 6.98. The third-order valence-electron chi connectivity index (χ3n) is 5.81. The number of nitrogens with zero attached hydrogens (tertiary/aromatic N) is 3. The SMILES string of the molecule is CN=C(NCc1ccnc(N2CCCC2)c1)NCC1(c2cccc(Br)c2)CC1. The van der Waals surface area contributed by atoms with Crippen molar-refractivity contribution in [1.82, 2.24) is 15.6 Å². The van der Waals surface area contributed by atoms with Crippen LogP contribution in [-0.2, 0) is 12.0 Å². The fourth-order valence-electron chi connectivity index (χ4n) is 3.89. The molecule has 0 radical (unpaired) electrons. The van der Waals surface area contributed by atoms with Crippen LogP contribution in [0.3, 0.4) is 0 Å². The van der Waals surface area contributed by atoms with Crippen molar-refractivity contribution in [1.29, 1.82) is 0 Å². The standard InChI is InChI=1S/C22H28BrN5/c1-24-21(27-16-22(8-9-22)18-5-4-6-19(23)14-18)26-15-17-7-10-25-20(13-17)28-11-2-3-12-28/h4-7,10,13-14H,2-3,8-9,11-12,15-16H2,1H3,(H2,24,26,27). The second-order valence-corrected chi connectivity index (χ2v) is 8.70. The van der Waals surface area contributed by atoms with E-state index < -0.39 is 0 Å². The number of aliphatic imine (C=N–C) groups is 1. The topological polar surface area (TPSA) is 52.6 Å². The Bertz CT molecular complexity index is 840. The minimum Gasteiger partial charge on any atom is -0.357 e. The minimum atomic E-state index is 0.237. The first-order chi connectivity index (χ1) is 13.7. The van der Waals surface area contributed by atoms with Crippen molar-refractivity contribution < 1.29 is 0 Å². The Kier molecular flexibility index (Phi) is 5.85. The molecule has 1 aliphatic heterocycles. The Balaban J connectivity index is 1.33. The first kappa shape index (κ1) is 19.2. The lowest BCUT2D eigenvalue weighted by atomic mass is 9.96. The third kappa shape index (κ3) is 4.49. The molecule has 4 rings (SSSR count). The summed E-state index contributed by atoms with van der Waals surface area (Å²) >= 11 is 3.59. The van der Waals surface area contributed by atoms with Gasteiger partial charge in [-0.25, -0.2) is 4.98 Å². The number of nitrogens with one attached hydrogen (secondary N) is 2. The summed E-state index contributed by atoms with van der Waals surface area (Å²) in [6.07, 6.45) is 6.88. The van der Waals surface area contributed by atoms with Crippen LogP contribution >= 0.6 is 15.9 Å². The normalized spacial score (nSPS) is 18.2. The largest absolute Gasteiger partial charge is 0.357 e. The summed E-state index contributed by atoms with van der Waals surface area (Å²) in [6, 6.07) is 12.9. The molecule has 2 aliphatic rings. The second-order valence-electron chi connectivity index (χ2n) is 7.79. The van der Waals surface area contributed by atoms with Gasteiger partial charge < -0.3 is 15.5 Å². The smallest absolute Gasteiger partial charge is 0.191 e. The number of aromatic nitrogens is 1. The maximum atomic E-state index is 4.53. The van der Waals surface area contributed by atoms with E-state index in [1.165, 1.54) is 36.8 Å². The highest BCUT2D eigenvalue weighted by Crippen LogP contribution is 2.48. The van der Waals surface area contributed by atoms with Gasteiger partial charge >= 0.3 is 0 Å². The van der Waals surface area contributed by atoms with Gasteiger partial charge in [0.25, 0.3) is 0 Å². The lowest BCUT2D eigenvalue weighted by Gasteiger charge is -2.20. The lowest BCUT2D eigenvalue weighted by molar-refractivity contribution is 0.645. The zero-order valence-corrected chi connectivity index (χ0v) is 18.0. The maximum absolute atomic E-state index is 4.53. The molecule has 0 amide bonds.